The molecule has 0 fully saturated rings. The van der Waals surface area contributed by atoms with Gasteiger partial charge in [-0.2, -0.15) is 0 Å². The van der Waals surface area contributed by atoms with E-state index in [1.807, 2.05) is 37.3 Å². The van der Waals surface area contributed by atoms with Crippen molar-refractivity contribution in [3.05, 3.63) is 35.9 Å². The van der Waals surface area contributed by atoms with Crippen LogP contribution in [0.1, 0.15) is 24.8 Å². The summed E-state index contributed by atoms with van der Waals surface area (Å²) in [6.45, 7) is 1.46. The van der Waals surface area contributed by atoms with E-state index in [9.17, 15) is 13.6 Å². The Balaban J connectivity index is 2.86. The van der Waals surface area contributed by atoms with Gasteiger partial charge in [-0.05, 0) is 12.0 Å². The summed E-state index contributed by atoms with van der Waals surface area (Å²) in [5.41, 5.74) is 0.851. The van der Waals surface area contributed by atoms with Gasteiger partial charge >= 0.3 is 0 Å². The van der Waals surface area contributed by atoms with Gasteiger partial charge in [0, 0.05) is 12.4 Å². The highest BCUT2D eigenvalue weighted by molar-refractivity contribution is 6.18. The van der Waals surface area contributed by atoms with Crippen LogP contribution in [0.4, 0.5) is 8.78 Å². The Morgan fingerprint density at radius 3 is 2.42 bits per heavy atom. The van der Waals surface area contributed by atoms with Crippen molar-refractivity contribution in [2.45, 2.75) is 25.7 Å². The Bertz CT molecular complexity index is 386. The number of hydrogen-bond donors (Lipinski definition) is 0. The Morgan fingerprint density at radius 2 is 1.95 bits per heavy atom. The fraction of sp³-hybridized carbons (Fsp3) is 0.500. The lowest BCUT2D eigenvalue weighted by Crippen LogP contribution is -2.39. The molecule has 1 aromatic rings. The van der Waals surface area contributed by atoms with Crippen molar-refractivity contribution in [2.75, 3.05) is 19.0 Å². The highest BCUT2D eigenvalue weighted by Gasteiger charge is 2.25. The quantitative estimate of drug-likeness (QED) is 0.704. The van der Waals surface area contributed by atoms with Gasteiger partial charge in [-0.1, -0.05) is 37.3 Å². The summed E-state index contributed by atoms with van der Waals surface area (Å²) in [6, 6.07) is 9.21. The normalized spacial score (nSPS) is 12.5. The Kier molecular flexibility index (Phi) is 6.78. The highest BCUT2D eigenvalue weighted by atomic mass is 35.5. The van der Waals surface area contributed by atoms with Gasteiger partial charge in [-0.15, -0.1) is 11.6 Å². The monoisotopic (exact) mass is 289 g/mol. The molecule has 0 radical (unpaired) electrons. The third-order valence-electron chi connectivity index (χ3n) is 2.93. The van der Waals surface area contributed by atoms with Crippen LogP contribution in [0.3, 0.4) is 0 Å². The number of benzene rings is 1. The predicted octanol–water partition coefficient (Wildman–Crippen LogP) is 3.51. The van der Waals surface area contributed by atoms with Gasteiger partial charge in [-0.25, -0.2) is 8.78 Å². The molecule has 1 unspecified atom stereocenters. The first kappa shape index (κ1) is 15.9. The van der Waals surface area contributed by atoms with Crippen LogP contribution in [0.25, 0.3) is 0 Å². The standard InChI is InChI=1S/C14H18ClF2NO/c1-2-12(11-6-4-3-5-7-11)14(19)18(9-8-15)10-13(16)17/h3-7,12-13H,2,8-10H2,1H3. The molecule has 106 valence electrons. The zero-order valence-electron chi connectivity index (χ0n) is 10.9. The Hall–Kier alpha value is -1.16. The van der Waals surface area contributed by atoms with E-state index < -0.39 is 13.0 Å². The Morgan fingerprint density at radius 1 is 1.32 bits per heavy atom. The van der Waals surface area contributed by atoms with Crippen molar-refractivity contribution in [2.24, 2.45) is 0 Å². The van der Waals surface area contributed by atoms with Crippen molar-refractivity contribution in [1.82, 2.24) is 4.90 Å². The van der Waals surface area contributed by atoms with Crippen molar-refractivity contribution in [1.29, 1.82) is 0 Å². The molecule has 0 saturated heterocycles. The molecule has 1 amide bonds. The first-order valence-corrected chi connectivity index (χ1v) is 6.81. The van der Waals surface area contributed by atoms with Crippen LogP contribution in [0.5, 0.6) is 0 Å². The summed E-state index contributed by atoms with van der Waals surface area (Å²) in [5, 5.41) is 0. The van der Waals surface area contributed by atoms with Crippen LogP contribution >= 0.6 is 11.6 Å². The van der Waals surface area contributed by atoms with Crippen LogP contribution < -0.4 is 0 Å². The van der Waals surface area contributed by atoms with Crippen molar-refractivity contribution >= 4 is 17.5 Å². The molecule has 0 heterocycles. The number of nitrogens with zero attached hydrogens (tertiary/aromatic N) is 1. The van der Waals surface area contributed by atoms with Gasteiger partial charge in [0.15, 0.2) is 0 Å². The molecule has 0 aliphatic rings. The first-order chi connectivity index (χ1) is 9.10. The van der Waals surface area contributed by atoms with Gasteiger partial charge in [0.25, 0.3) is 6.43 Å². The van der Waals surface area contributed by atoms with Crippen LogP contribution in [0.15, 0.2) is 30.3 Å². The summed E-state index contributed by atoms with van der Waals surface area (Å²) >= 11 is 5.58. The average molecular weight is 290 g/mol. The molecule has 2 nitrogen and oxygen atoms in total. The minimum atomic E-state index is -2.54. The van der Waals surface area contributed by atoms with E-state index in [-0.39, 0.29) is 24.2 Å². The van der Waals surface area contributed by atoms with Crippen LogP contribution in [-0.4, -0.2) is 36.2 Å². The van der Waals surface area contributed by atoms with Crippen molar-refractivity contribution in [3.8, 4) is 0 Å². The lowest BCUT2D eigenvalue weighted by atomic mass is 9.95. The number of rotatable bonds is 7. The molecule has 5 heteroatoms. The minimum Gasteiger partial charge on any atom is -0.335 e. The molecule has 0 aliphatic carbocycles. The predicted molar refractivity (Wildman–Crippen MR) is 72.8 cm³/mol. The van der Waals surface area contributed by atoms with Crippen molar-refractivity contribution in [3.63, 3.8) is 0 Å². The van der Waals surface area contributed by atoms with E-state index in [0.717, 1.165) is 10.5 Å². The number of carbonyl (C=O) groups excluding carboxylic acids is 1. The molecule has 1 rings (SSSR count). The van der Waals surface area contributed by atoms with Crippen LogP contribution in [-0.2, 0) is 4.79 Å². The maximum Gasteiger partial charge on any atom is 0.255 e. The number of carbonyl (C=O) groups is 1. The van der Waals surface area contributed by atoms with Crippen LogP contribution in [0, 0.1) is 0 Å². The van der Waals surface area contributed by atoms with E-state index in [2.05, 4.69) is 0 Å². The zero-order chi connectivity index (χ0) is 14.3. The smallest absolute Gasteiger partial charge is 0.255 e. The topological polar surface area (TPSA) is 20.3 Å². The second-order valence-corrected chi connectivity index (χ2v) is 4.61. The molecular weight excluding hydrogens is 272 g/mol. The van der Waals surface area contributed by atoms with Gasteiger partial charge in [-0.3, -0.25) is 4.79 Å². The number of halogens is 3. The van der Waals surface area contributed by atoms with Gasteiger partial charge in [0.05, 0.1) is 12.5 Å². The van der Waals surface area contributed by atoms with Crippen LogP contribution in [0.2, 0.25) is 0 Å². The molecule has 0 bridgehead atoms. The first-order valence-electron chi connectivity index (χ1n) is 6.28. The number of alkyl halides is 3. The SMILES string of the molecule is CCC(C(=O)N(CCCl)CC(F)F)c1ccccc1. The molecule has 19 heavy (non-hydrogen) atoms. The molecule has 0 spiro atoms. The van der Waals surface area contributed by atoms with E-state index >= 15 is 0 Å². The lowest BCUT2D eigenvalue weighted by molar-refractivity contribution is -0.134. The molecule has 1 aromatic carbocycles. The Labute approximate surface area is 117 Å². The fourth-order valence-electron chi connectivity index (χ4n) is 2.02. The van der Waals surface area contributed by atoms with Crippen molar-refractivity contribution < 1.29 is 13.6 Å². The zero-order valence-corrected chi connectivity index (χ0v) is 11.6. The number of hydrogen-bond acceptors (Lipinski definition) is 1. The summed E-state index contributed by atoms with van der Waals surface area (Å²) < 4.78 is 25.0. The maximum atomic E-state index is 12.5. The average Bonchev–Trinajstić information content (AvgIpc) is 2.39. The summed E-state index contributed by atoms with van der Waals surface area (Å²) in [7, 11) is 0. The second-order valence-electron chi connectivity index (χ2n) is 4.24. The summed E-state index contributed by atoms with van der Waals surface area (Å²) in [4.78, 5) is 13.5. The fourth-order valence-corrected chi connectivity index (χ4v) is 2.22. The lowest BCUT2D eigenvalue weighted by Gasteiger charge is -2.26. The van der Waals surface area contributed by atoms with Gasteiger partial charge in [0.2, 0.25) is 5.91 Å². The molecule has 1 atom stereocenters. The van der Waals surface area contributed by atoms with E-state index in [0.29, 0.717) is 6.42 Å². The molecule has 0 N–H and O–H groups in total. The van der Waals surface area contributed by atoms with E-state index in [1.165, 1.54) is 0 Å². The third-order valence-corrected chi connectivity index (χ3v) is 3.10. The third kappa shape index (κ3) is 4.78. The molecule has 0 aliphatic heterocycles. The van der Waals surface area contributed by atoms with E-state index in [4.69, 9.17) is 11.6 Å². The minimum absolute atomic E-state index is 0.147. The highest BCUT2D eigenvalue weighted by Crippen LogP contribution is 2.22. The summed E-state index contributed by atoms with van der Waals surface area (Å²) in [5.74, 6) is -0.512. The second kappa shape index (κ2) is 8.10. The van der Waals surface area contributed by atoms with E-state index in [1.54, 1.807) is 0 Å². The molecule has 0 saturated carbocycles. The largest absolute Gasteiger partial charge is 0.335 e. The molecular formula is C14H18ClF2NO. The summed E-state index contributed by atoms with van der Waals surface area (Å²) in [6.07, 6.45) is -1.97. The molecule has 0 aromatic heterocycles. The maximum absolute atomic E-state index is 12.5. The van der Waals surface area contributed by atoms with Gasteiger partial charge < -0.3 is 4.90 Å². The number of amides is 1. The van der Waals surface area contributed by atoms with Gasteiger partial charge in [0.1, 0.15) is 0 Å².